The minimum atomic E-state index is -0.135. The topological polar surface area (TPSA) is 62.3 Å². The lowest BCUT2D eigenvalue weighted by Gasteiger charge is -2.26. The number of fused-ring (bicyclic) bond motifs is 1. The van der Waals surface area contributed by atoms with E-state index in [0.29, 0.717) is 18.4 Å². The van der Waals surface area contributed by atoms with E-state index in [0.717, 1.165) is 28.9 Å². The van der Waals surface area contributed by atoms with E-state index in [1.807, 2.05) is 25.1 Å². The SMILES string of the molecule is CCc1cnccc1C(=O)Nc1ccc2c(c1)CCC(=O)N2C. The van der Waals surface area contributed by atoms with E-state index in [-0.39, 0.29) is 11.8 Å². The smallest absolute Gasteiger partial charge is 0.256 e. The van der Waals surface area contributed by atoms with Crippen molar-refractivity contribution in [1.29, 1.82) is 0 Å². The number of aromatic nitrogens is 1. The highest BCUT2D eigenvalue weighted by molar-refractivity contribution is 6.05. The molecule has 0 radical (unpaired) electrons. The molecule has 0 saturated heterocycles. The molecule has 23 heavy (non-hydrogen) atoms. The van der Waals surface area contributed by atoms with Gasteiger partial charge in [0.2, 0.25) is 5.91 Å². The lowest BCUT2D eigenvalue weighted by molar-refractivity contribution is -0.118. The highest BCUT2D eigenvalue weighted by Crippen LogP contribution is 2.29. The molecule has 1 N–H and O–H groups in total. The number of nitrogens with zero attached hydrogens (tertiary/aromatic N) is 2. The maximum absolute atomic E-state index is 12.5. The van der Waals surface area contributed by atoms with Crippen LogP contribution < -0.4 is 10.2 Å². The Hall–Kier alpha value is -2.69. The number of carbonyl (C=O) groups excluding carboxylic acids is 2. The number of pyridine rings is 1. The van der Waals surface area contributed by atoms with Crippen molar-refractivity contribution in [1.82, 2.24) is 4.98 Å². The van der Waals surface area contributed by atoms with Crippen molar-refractivity contribution in [3.05, 3.63) is 53.3 Å². The van der Waals surface area contributed by atoms with E-state index in [1.54, 1.807) is 30.4 Å². The van der Waals surface area contributed by atoms with Gasteiger partial charge in [-0.15, -0.1) is 0 Å². The number of anilines is 2. The van der Waals surface area contributed by atoms with Crippen LogP contribution in [0, 0.1) is 0 Å². The Morgan fingerprint density at radius 2 is 2.13 bits per heavy atom. The first kappa shape index (κ1) is 15.2. The maximum Gasteiger partial charge on any atom is 0.256 e. The van der Waals surface area contributed by atoms with Gasteiger partial charge in [0.05, 0.1) is 0 Å². The lowest BCUT2D eigenvalue weighted by atomic mass is 10.0. The third-order valence-corrected chi connectivity index (χ3v) is 4.21. The van der Waals surface area contributed by atoms with Crippen LogP contribution in [-0.2, 0) is 17.6 Å². The number of benzene rings is 1. The number of hydrogen-bond acceptors (Lipinski definition) is 3. The molecule has 1 aromatic heterocycles. The molecular formula is C18H19N3O2. The molecule has 1 aliphatic rings. The number of nitrogens with one attached hydrogen (secondary N) is 1. The molecule has 1 aliphatic heterocycles. The van der Waals surface area contributed by atoms with Crippen LogP contribution >= 0.6 is 0 Å². The van der Waals surface area contributed by atoms with Gasteiger partial charge in [-0.3, -0.25) is 14.6 Å². The van der Waals surface area contributed by atoms with Gasteiger partial charge >= 0.3 is 0 Å². The number of carbonyl (C=O) groups is 2. The summed E-state index contributed by atoms with van der Waals surface area (Å²) in [5, 5.41) is 2.94. The average Bonchev–Trinajstić information content (AvgIpc) is 2.58. The fraction of sp³-hybridized carbons (Fsp3) is 0.278. The Morgan fingerprint density at radius 3 is 2.91 bits per heavy atom. The Balaban J connectivity index is 1.84. The van der Waals surface area contributed by atoms with Crippen molar-refractivity contribution in [2.75, 3.05) is 17.3 Å². The highest BCUT2D eigenvalue weighted by atomic mass is 16.2. The van der Waals surface area contributed by atoms with Gasteiger partial charge in [0, 0.05) is 42.8 Å². The van der Waals surface area contributed by atoms with E-state index >= 15 is 0 Å². The lowest BCUT2D eigenvalue weighted by Crippen LogP contribution is -2.31. The minimum absolute atomic E-state index is 0.124. The second kappa shape index (κ2) is 6.20. The average molecular weight is 309 g/mol. The predicted octanol–water partition coefficient (Wildman–Crippen LogP) is 2.81. The third-order valence-electron chi connectivity index (χ3n) is 4.21. The number of aryl methyl sites for hydroxylation is 2. The summed E-state index contributed by atoms with van der Waals surface area (Å²) in [6.07, 6.45) is 5.32. The van der Waals surface area contributed by atoms with Crippen molar-refractivity contribution in [3.63, 3.8) is 0 Å². The predicted molar refractivity (Wildman–Crippen MR) is 89.7 cm³/mol. The maximum atomic E-state index is 12.5. The summed E-state index contributed by atoms with van der Waals surface area (Å²) in [6.45, 7) is 2.00. The van der Waals surface area contributed by atoms with Crippen molar-refractivity contribution in [2.24, 2.45) is 0 Å². The molecule has 2 amide bonds. The zero-order valence-corrected chi connectivity index (χ0v) is 13.3. The molecule has 0 bridgehead atoms. The molecule has 1 aromatic carbocycles. The molecule has 0 spiro atoms. The van der Waals surface area contributed by atoms with E-state index in [4.69, 9.17) is 0 Å². The summed E-state index contributed by atoms with van der Waals surface area (Å²) < 4.78 is 0. The quantitative estimate of drug-likeness (QED) is 0.948. The minimum Gasteiger partial charge on any atom is -0.322 e. The molecule has 2 heterocycles. The Kier molecular flexibility index (Phi) is 4.10. The molecule has 0 unspecified atom stereocenters. The van der Waals surface area contributed by atoms with Crippen LogP contribution in [0.2, 0.25) is 0 Å². The zero-order valence-electron chi connectivity index (χ0n) is 13.3. The Bertz CT molecular complexity index is 771. The van der Waals surface area contributed by atoms with Gasteiger partial charge in [-0.1, -0.05) is 6.92 Å². The summed E-state index contributed by atoms with van der Waals surface area (Å²) in [4.78, 5) is 29.9. The van der Waals surface area contributed by atoms with Gasteiger partial charge in [0.15, 0.2) is 0 Å². The molecule has 0 fully saturated rings. The summed E-state index contributed by atoms with van der Waals surface area (Å²) in [7, 11) is 1.78. The number of amides is 2. The van der Waals surface area contributed by atoms with Gasteiger partial charge < -0.3 is 10.2 Å². The van der Waals surface area contributed by atoms with Gasteiger partial charge in [0.1, 0.15) is 0 Å². The van der Waals surface area contributed by atoms with Crippen LogP contribution in [0.3, 0.4) is 0 Å². The van der Waals surface area contributed by atoms with Crippen LogP contribution in [0.15, 0.2) is 36.7 Å². The van der Waals surface area contributed by atoms with E-state index < -0.39 is 0 Å². The first-order chi connectivity index (χ1) is 11.1. The summed E-state index contributed by atoms with van der Waals surface area (Å²) in [5.41, 5.74) is 4.31. The van der Waals surface area contributed by atoms with Gasteiger partial charge in [-0.25, -0.2) is 0 Å². The molecule has 5 nitrogen and oxygen atoms in total. The second-order valence-electron chi connectivity index (χ2n) is 5.64. The van der Waals surface area contributed by atoms with Crippen molar-refractivity contribution < 1.29 is 9.59 Å². The fourth-order valence-electron chi connectivity index (χ4n) is 2.86. The van der Waals surface area contributed by atoms with Crippen LogP contribution in [0.1, 0.15) is 34.8 Å². The normalized spacial score (nSPS) is 13.7. The molecule has 0 aliphatic carbocycles. The number of rotatable bonds is 3. The highest BCUT2D eigenvalue weighted by Gasteiger charge is 2.21. The first-order valence-corrected chi connectivity index (χ1v) is 7.74. The van der Waals surface area contributed by atoms with E-state index in [1.165, 1.54) is 0 Å². The zero-order chi connectivity index (χ0) is 16.4. The van der Waals surface area contributed by atoms with Crippen LogP contribution in [0.5, 0.6) is 0 Å². The molecule has 3 rings (SSSR count). The van der Waals surface area contributed by atoms with Crippen molar-refractivity contribution in [2.45, 2.75) is 26.2 Å². The molecular weight excluding hydrogens is 290 g/mol. The number of hydrogen-bond donors (Lipinski definition) is 1. The molecule has 5 heteroatoms. The van der Waals surface area contributed by atoms with Gasteiger partial charge in [-0.2, -0.15) is 0 Å². The Labute approximate surface area is 135 Å². The Morgan fingerprint density at radius 1 is 1.30 bits per heavy atom. The fourth-order valence-corrected chi connectivity index (χ4v) is 2.86. The summed E-state index contributed by atoms with van der Waals surface area (Å²) >= 11 is 0. The molecule has 2 aromatic rings. The standard InChI is InChI=1S/C18H19N3O2/c1-3-12-11-19-9-8-15(12)18(23)20-14-5-6-16-13(10-14)4-7-17(22)21(16)2/h5-6,8-11H,3-4,7H2,1-2H3,(H,20,23). The van der Waals surface area contributed by atoms with Crippen LogP contribution in [0.25, 0.3) is 0 Å². The van der Waals surface area contributed by atoms with Crippen LogP contribution in [-0.4, -0.2) is 23.8 Å². The second-order valence-corrected chi connectivity index (χ2v) is 5.64. The summed E-state index contributed by atoms with van der Waals surface area (Å²) in [5.74, 6) is -0.0110. The molecule has 0 atom stereocenters. The van der Waals surface area contributed by atoms with Gasteiger partial charge in [-0.05, 0) is 48.2 Å². The van der Waals surface area contributed by atoms with E-state index in [9.17, 15) is 9.59 Å². The summed E-state index contributed by atoms with van der Waals surface area (Å²) in [6, 6.07) is 7.40. The monoisotopic (exact) mass is 309 g/mol. The van der Waals surface area contributed by atoms with Crippen molar-refractivity contribution >= 4 is 23.2 Å². The molecule has 118 valence electrons. The first-order valence-electron chi connectivity index (χ1n) is 7.74. The third kappa shape index (κ3) is 2.95. The van der Waals surface area contributed by atoms with Crippen molar-refractivity contribution in [3.8, 4) is 0 Å². The van der Waals surface area contributed by atoms with E-state index in [2.05, 4.69) is 10.3 Å². The molecule has 0 saturated carbocycles. The van der Waals surface area contributed by atoms with Crippen LogP contribution in [0.4, 0.5) is 11.4 Å². The largest absolute Gasteiger partial charge is 0.322 e. The van der Waals surface area contributed by atoms with Gasteiger partial charge in [0.25, 0.3) is 5.91 Å².